The molecule has 2 bridgehead atoms. The molecule has 0 heterocycles. The first-order valence-corrected chi connectivity index (χ1v) is 5.61. The van der Waals surface area contributed by atoms with Gasteiger partial charge in [-0.25, -0.2) is 4.39 Å². The molecule has 3 saturated carbocycles. The summed E-state index contributed by atoms with van der Waals surface area (Å²) in [6.45, 7) is 0. The van der Waals surface area contributed by atoms with Gasteiger partial charge in [-0.3, -0.25) is 4.79 Å². The maximum absolute atomic E-state index is 13.8. The van der Waals surface area contributed by atoms with Crippen LogP contribution in [0.25, 0.3) is 0 Å². The number of benzene rings is 1. The molecule has 1 N–H and O–H groups in total. The van der Waals surface area contributed by atoms with E-state index in [9.17, 15) is 14.3 Å². The van der Waals surface area contributed by atoms with E-state index in [1.54, 1.807) is 18.2 Å². The van der Waals surface area contributed by atoms with Crippen LogP contribution in [0.4, 0.5) is 4.39 Å². The average Bonchev–Trinajstić information content (AvgIpc) is 2.72. The van der Waals surface area contributed by atoms with Crippen molar-refractivity contribution in [3.63, 3.8) is 0 Å². The predicted molar refractivity (Wildman–Crippen MR) is 56.5 cm³/mol. The molecule has 3 aliphatic carbocycles. The Hall–Kier alpha value is -1.38. The van der Waals surface area contributed by atoms with Gasteiger partial charge < -0.3 is 5.11 Å². The molecular formula is C13H13FO2. The summed E-state index contributed by atoms with van der Waals surface area (Å²) in [5.41, 5.74) is 0.193. The smallest absolute Gasteiger partial charge is 0.307 e. The highest BCUT2D eigenvalue weighted by Gasteiger charge is 2.61. The SMILES string of the molecule is O=C(O)C1CC2CC1(c1ccccc1F)C2. The molecule has 0 spiro atoms. The second-order valence-corrected chi connectivity index (χ2v) is 5.04. The Morgan fingerprint density at radius 1 is 1.38 bits per heavy atom. The molecule has 0 radical (unpaired) electrons. The maximum Gasteiger partial charge on any atom is 0.307 e. The number of hydrogen-bond donors (Lipinski definition) is 1. The topological polar surface area (TPSA) is 37.3 Å². The van der Waals surface area contributed by atoms with E-state index in [4.69, 9.17) is 0 Å². The largest absolute Gasteiger partial charge is 0.481 e. The molecule has 4 rings (SSSR count). The van der Waals surface area contributed by atoms with Gasteiger partial charge in [-0.05, 0) is 36.8 Å². The Kier molecular flexibility index (Phi) is 1.88. The Balaban J connectivity index is 2.06. The summed E-state index contributed by atoms with van der Waals surface area (Å²) >= 11 is 0. The van der Waals surface area contributed by atoms with Gasteiger partial charge in [0.05, 0.1) is 5.92 Å². The standard InChI is InChI=1S/C13H13FO2/c14-11-4-2-1-3-9(11)13-6-8(7-13)5-10(13)12(15)16/h1-4,8,10H,5-7H2,(H,15,16). The van der Waals surface area contributed by atoms with Crippen LogP contribution in [0.5, 0.6) is 0 Å². The highest BCUT2D eigenvalue weighted by Crippen LogP contribution is 2.63. The number of aliphatic carboxylic acids is 1. The zero-order valence-electron chi connectivity index (χ0n) is 8.82. The molecule has 2 nitrogen and oxygen atoms in total. The monoisotopic (exact) mass is 220 g/mol. The van der Waals surface area contributed by atoms with Crippen LogP contribution in [-0.2, 0) is 10.2 Å². The van der Waals surface area contributed by atoms with Crippen LogP contribution < -0.4 is 0 Å². The van der Waals surface area contributed by atoms with Gasteiger partial charge >= 0.3 is 5.97 Å². The zero-order valence-corrected chi connectivity index (χ0v) is 8.82. The maximum atomic E-state index is 13.8. The Morgan fingerprint density at radius 3 is 2.69 bits per heavy atom. The molecule has 0 aromatic heterocycles. The highest BCUT2D eigenvalue weighted by molar-refractivity contribution is 5.74. The molecule has 3 heteroatoms. The normalized spacial score (nSPS) is 35.8. The van der Waals surface area contributed by atoms with Crippen LogP contribution >= 0.6 is 0 Å². The molecule has 84 valence electrons. The molecule has 0 aliphatic heterocycles. The van der Waals surface area contributed by atoms with Crippen molar-refractivity contribution in [3.05, 3.63) is 35.6 Å². The van der Waals surface area contributed by atoms with Gasteiger partial charge in [0.1, 0.15) is 5.82 Å². The number of halogens is 1. The molecule has 1 aromatic carbocycles. The second-order valence-electron chi connectivity index (χ2n) is 5.04. The third kappa shape index (κ3) is 1.09. The predicted octanol–water partition coefficient (Wildman–Crippen LogP) is 2.58. The summed E-state index contributed by atoms with van der Waals surface area (Å²) in [5.74, 6) is -0.938. The van der Waals surface area contributed by atoms with Crippen LogP contribution in [0.1, 0.15) is 24.8 Å². The molecule has 1 atom stereocenters. The van der Waals surface area contributed by atoms with Crippen molar-refractivity contribution in [1.29, 1.82) is 0 Å². The van der Waals surface area contributed by atoms with Crippen LogP contribution in [0, 0.1) is 17.7 Å². The summed E-state index contributed by atoms with van der Waals surface area (Å²) in [5, 5.41) is 9.21. The van der Waals surface area contributed by atoms with Gasteiger partial charge in [0.2, 0.25) is 0 Å². The molecule has 3 aliphatic rings. The molecule has 0 amide bonds. The summed E-state index contributed by atoms with van der Waals surface area (Å²) in [6, 6.07) is 6.61. The summed E-state index contributed by atoms with van der Waals surface area (Å²) in [7, 11) is 0. The lowest BCUT2D eigenvalue weighted by Crippen LogP contribution is -2.40. The van der Waals surface area contributed by atoms with E-state index in [0.29, 0.717) is 17.9 Å². The van der Waals surface area contributed by atoms with Gasteiger partial charge in [0, 0.05) is 5.41 Å². The Bertz CT molecular complexity index is 449. The second kappa shape index (κ2) is 3.06. The van der Waals surface area contributed by atoms with Gasteiger partial charge in [-0.1, -0.05) is 18.2 Å². The number of carbonyl (C=O) groups is 1. The first-order valence-electron chi connectivity index (χ1n) is 5.61. The first-order chi connectivity index (χ1) is 7.63. The molecule has 16 heavy (non-hydrogen) atoms. The summed E-state index contributed by atoms with van der Waals surface area (Å²) in [4.78, 5) is 11.2. The van der Waals surface area contributed by atoms with Crippen molar-refractivity contribution in [2.75, 3.05) is 0 Å². The average molecular weight is 220 g/mol. The van der Waals surface area contributed by atoms with Crippen molar-refractivity contribution in [2.24, 2.45) is 11.8 Å². The van der Waals surface area contributed by atoms with Crippen LogP contribution in [0.3, 0.4) is 0 Å². The molecule has 1 unspecified atom stereocenters. The molecule has 0 saturated heterocycles. The van der Waals surface area contributed by atoms with Crippen molar-refractivity contribution in [1.82, 2.24) is 0 Å². The van der Waals surface area contributed by atoms with Crippen molar-refractivity contribution >= 4 is 5.97 Å². The summed E-state index contributed by atoms with van der Waals surface area (Å²) < 4.78 is 13.8. The zero-order chi connectivity index (χ0) is 11.3. The third-order valence-corrected chi connectivity index (χ3v) is 4.25. The fourth-order valence-electron chi connectivity index (χ4n) is 3.59. The van der Waals surface area contributed by atoms with Gasteiger partial charge in [-0.15, -0.1) is 0 Å². The number of carboxylic acids is 1. The van der Waals surface area contributed by atoms with E-state index in [1.807, 2.05) is 0 Å². The lowest BCUT2D eigenvalue weighted by Gasteiger charge is -2.41. The number of rotatable bonds is 2. The van der Waals surface area contributed by atoms with Crippen LogP contribution in [0.2, 0.25) is 0 Å². The van der Waals surface area contributed by atoms with E-state index >= 15 is 0 Å². The van der Waals surface area contributed by atoms with E-state index in [0.717, 1.165) is 12.8 Å². The number of fused-ring (bicyclic) bond motifs is 1. The van der Waals surface area contributed by atoms with Crippen molar-refractivity contribution in [3.8, 4) is 0 Å². The molecule has 1 aromatic rings. The van der Waals surface area contributed by atoms with E-state index < -0.39 is 17.3 Å². The Labute approximate surface area is 93.1 Å². The summed E-state index contributed by atoms with van der Waals surface area (Å²) in [6.07, 6.45) is 2.39. The van der Waals surface area contributed by atoms with Gasteiger partial charge in [0.15, 0.2) is 0 Å². The number of hydrogen-bond acceptors (Lipinski definition) is 1. The fraction of sp³-hybridized carbons (Fsp3) is 0.462. The first kappa shape index (κ1) is 9.82. The highest BCUT2D eigenvalue weighted by atomic mass is 19.1. The minimum absolute atomic E-state index is 0.255. The van der Waals surface area contributed by atoms with Gasteiger partial charge in [0.25, 0.3) is 0 Å². The fourth-order valence-corrected chi connectivity index (χ4v) is 3.59. The number of carboxylic acid groups (broad SMARTS) is 1. The third-order valence-electron chi connectivity index (χ3n) is 4.25. The van der Waals surface area contributed by atoms with Crippen molar-refractivity contribution in [2.45, 2.75) is 24.7 Å². The van der Waals surface area contributed by atoms with Crippen LogP contribution in [-0.4, -0.2) is 11.1 Å². The minimum atomic E-state index is -0.775. The van der Waals surface area contributed by atoms with E-state index in [2.05, 4.69) is 0 Å². The minimum Gasteiger partial charge on any atom is -0.481 e. The Morgan fingerprint density at radius 2 is 2.06 bits per heavy atom. The van der Waals surface area contributed by atoms with Gasteiger partial charge in [-0.2, -0.15) is 0 Å². The lowest BCUT2D eigenvalue weighted by molar-refractivity contribution is -0.143. The van der Waals surface area contributed by atoms with Crippen molar-refractivity contribution < 1.29 is 14.3 Å². The molecular weight excluding hydrogens is 207 g/mol. The quantitative estimate of drug-likeness (QED) is 0.831. The van der Waals surface area contributed by atoms with Crippen LogP contribution in [0.15, 0.2) is 24.3 Å². The lowest BCUT2D eigenvalue weighted by atomic mass is 9.62. The van der Waals surface area contributed by atoms with E-state index in [-0.39, 0.29) is 5.82 Å². The molecule has 3 fully saturated rings. The van der Waals surface area contributed by atoms with E-state index in [1.165, 1.54) is 6.07 Å².